The van der Waals surface area contributed by atoms with Gasteiger partial charge in [0.2, 0.25) is 5.91 Å². The number of hydrogen-bond donors (Lipinski definition) is 2. The molecule has 1 aromatic carbocycles. The molecular formula is C15H16N2O4S. The zero-order valence-electron chi connectivity index (χ0n) is 12.2. The molecule has 0 bridgehead atoms. The van der Waals surface area contributed by atoms with Crippen LogP contribution >= 0.6 is 11.8 Å². The highest BCUT2D eigenvalue weighted by molar-refractivity contribution is 8.00. The third-order valence-electron chi connectivity index (χ3n) is 2.85. The standard InChI is InChI=1S/C15H16N2O4S/c1-10-13(7-8-21-10)15(19)17-16-14(18)9-22-12-5-3-11(20-2)4-6-12/h3-8H,9H2,1-2H3,(H,16,18)(H,17,19). The fourth-order valence-corrected chi connectivity index (χ4v) is 2.37. The number of aryl methyl sites for hydroxylation is 1. The van der Waals surface area contributed by atoms with Gasteiger partial charge in [0.05, 0.1) is 24.7 Å². The van der Waals surface area contributed by atoms with E-state index >= 15 is 0 Å². The van der Waals surface area contributed by atoms with Gasteiger partial charge in [0, 0.05) is 4.90 Å². The second kappa shape index (κ2) is 7.56. The van der Waals surface area contributed by atoms with Gasteiger partial charge in [-0.1, -0.05) is 0 Å². The number of ether oxygens (including phenoxy) is 1. The number of carbonyl (C=O) groups is 2. The summed E-state index contributed by atoms with van der Waals surface area (Å²) >= 11 is 1.36. The monoisotopic (exact) mass is 320 g/mol. The summed E-state index contributed by atoms with van der Waals surface area (Å²) in [6.45, 7) is 1.68. The van der Waals surface area contributed by atoms with Gasteiger partial charge in [0.15, 0.2) is 0 Å². The molecule has 0 aliphatic rings. The third-order valence-corrected chi connectivity index (χ3v) is 3.86. The van der Waals surface area contributed by atoms with Crippen molar-refractivity contribution in [1.29, 1.82) is 0 Å². The van der Waals surface area contributed by atoms with Crippen molar-refractivity contribution in [2.45, 2.75) is 11.8 Å². The van der Waals surface area contributed by atoms with Crippen LogP contribution in [0.4, 0.5) is 0 Å². The summed E-state index contributed by atoms with van der Waals surface area (Å²) in [6, 6.07) is 8.92. The minimum Gasteiger partial charge on any atom is -0.497 e. The molecule has 0 radical (unpaired) electrons. The fourth-order valence-electron chi connectivity index (χ4n) is 1.67. The molecule has 0 unspecified atom stereocenters. The molecule has 2 amide bonds. The van der Waals surface area contributed by atoms with Crippen LogP contribution in [0.2, 0.25) is 0 Å². The predicted molar refractivity (Wildman–Crippen MR) is 82.8 cm³/mol. The van der Waals surface area contributed by atoms with Crippen LogP contribution in [0.15, 0.2) is 45.9 Å². The molecule has 1 aromatic heterocycles. The molecule has 2 rings (SSSR count). The molecule has 2 N–H and O–H groups in total. The third kappa shape index (κ3) is 4.29. The van der Waals surface area contributed by atoms with Crippen molar-refractivity contribution in [3.05, 3.63) is 47.9 Å². The van der Waals surface area contributed by atoms with Gasteiger partial charge in [-0.25, -0.2) is 0 Å². The zero-order chi connectivity index (χ0) is 15.9. The minimum absolute atomic E-state index is 0.191. The molecule has 0 aliphatic heterocycles. The lowest BCUT2D eigenvalue weighted by Gasteiger charge is -2.07. The average molecular weight is 320 g/mol. The number of furan rings is 1. The number of hydrogen-bond acceptors (Lipinski definition) is 5. The number of rotatable bonds is 5. The van der Waals surface area contributed by atoms with Crippen LogP contribution in [0.3, 0.4) is 0 Å². The number of thioether (sulfide) groups is 1. The van der Waals surface area contributed by atoms with Crippen molar-refractivity contribution < 1.29 is 18.7 Å². The number of amides is 2. The molecule has 0 aliphatic carbocycles. The van der Waals surface area contributed by atoms with Crippen LogP contribution < -0.4 is 15.6 Å². The van der Waals surface area contributed by atoms with Crippen molar-refractivity contribution in [3.63, 3.8) is 0 Å². The van der Waals surface area contributed by atoms with Crippen molar-refractivity contribution >= 4 is 23.6 Å². The van der Waals surface area contributed by atoms with Crippen LogP contribution in [-0.4, -0.2) is 24.7 Å². The molecule has 0 saturated heterocycles. The Morgan fingerprint density at radius 3 is 2.50 bits per heavy atom. The summed E-state index contributed by atoms with van der Waals surface area (Å²) in [7, 11) is 1.60. The number of carbonyl (C=O) groups excluding carboxylic acids is 2. The molecule has 1 heterocycles. The van der Waals surface area contributed by atoms with Crippen molar-refractivity contribution in [2.24, 2.45) is 0 Å². The molecule has 0 fully saturated rings. The van der Waals surface area contributed by atoms with Crippen LogP contribution in [0.5, 0.6) is 5.75 Å². The highest BCUT2D eigenvalue weighted by atomic mass is 32.2. The topological polar surface area (TPSA) is 80.6 Å². The highest BCUT2D eigenvalue weighted by Crippen LogP contribution is 2.20. The molecule has 2 aromatic rings. The van der Waals surface area contributed by atoms with Crippen LogP contribution in [0.1, 0.15) is 16.1 Å². The second-order valence-corrected chi connectivity index (χ2v) is 5.41. The lowest BCUT2D eigenvalue weighted by atomic mass is 10.2. The average Bonchev–Trinajstić information content (AvgIpc) is 2.97. The fraction of sp³-hybridized carbons (Fsp3) is 0.200. The first-order valence-corrected chi connectivity index (χ1v) is 7.49. The predicted octanol–water partition coefficient (Wildman–Crippen LogP) is 2.15. The van der Waals surface area contributed by atoms with E-state index in [0.717, 1.165) is 10.6 Å². The highest BCUT2D eigenvalue weighted by Gasteiger charge is 2.12. The van der Waals surface area contributed by atoms with Gasteiger partial charge >= 0.3 is 0 Å². The minimum atomic E-state index is -0.408. The van der Waals surface area contributed by atoms with Gasteiger partial charge in [-0.05, 0) is 37.3 Å². The van der Waals surface area contributed by atoms with Crippen molar-refractivity contribution in [1.82, 2.24) is 10.9 Å². The summed E-state index contributed by atoms with van der Waals surface area (Å²) in [4.78, 5) is 24.4. The van der Waals surface area contributed by atoms with Gasteiger partial charge in [0.25, 0.3) is 5.91 Å². The Labute approximate surface area is 132 Å². The Morgan fingerprint density at radius 2 is 1.91 bits per heavy atom. The normalized spacial score (nSPS) is 10.1. The van der Waals surface area contributed by atoms with Crippen molar-refractivity contribution in [3.8, 4) is 5.75 Å². The molecule has 22 heavy (non-hydrogen) atoms. The Kier molecular flexibility index (Phi) is 5.48. The zero-order valence-corrected chi connectivity index (χ0v) is 13.0. The van der Waals surface area contributed by atoms with E-state index in [0.29, 0.717) is 11.3 Å². The molecular weight excluding hydrogens is 304 g/mol. The lowest BCUT2D eigenvalue weighted by Crippen LogP contribution is -2.42. The maximum absolute atomic E-state index is 11.8. The van der Waals surface area contributed by atoms with E-state index in [-0.39, 0.29) is 11.7 Å². The van der Waals surface area contributed by atoms with E-state index in [2.05, 4.69) is 10.9 Å². The molecule has 0 atom stereocenters. The Balaban J connectivity index is 1.76. The van der Waals surface area contributed by atoms with E-state index < -0.39 is 5.91 Å². The maximum Gasteiger partial charge on any atom is 0.273 e. The number of methoxy groups -OCH3 is 1. The Bertz CT molecular complexity index is 652. The number of hydrazine groups is 1. The Morgan fingerprint density at radius 1 is 1.18 bits per heavy atom. The second-order valence-electron chi connectivity index (χ2n) is 4.36. The van der Waals surface area contributed by atoms with Crippen LogP contribution in [-0.2, 0) is 4.79 Å². The molecule has 7 heteroatoms. The number of nitrogens with one attached hydrogen (secondary N) is 2. The van der Waals surface area contributed by atoms with Crippen LogP contribution in [0, 0.1) is 6.92 Å². The van der Waals surface area contributed by atoms with Crippen LogP contribution in [0.25, 0.3) is 0 Å². The van der Waals surface area contributed by atoms with E-state index in [1.54, 1.807) is 20.1 Å². The van der Waals surface area contributed by atoms with E-state index in [1.807, 2.05) is 24.3 Å². The van der Waals surface area contributed by atoms with Gasteiger partial charge in [-0.3, -0.25) is 20.4 Å². The summed E-state index contributed by atoms with van der Waals surface area (Å²) in [5, 5.41) is 0. The van der Waals surface area contributed by atoms with Gasteiger partial charge in [-0.15, -0.1) is 11.8 Å². The quantitative estimate of drug-likeness (QED) is 0.652. The lowest BCUT2D eigenvalue weighted by molar-refractivity contribution is -0.119. The molecule has 116 valence electrons. The van der Waals surface area contributed by atoms with Crippen molar-refractivity contribution in [2.75, 3.05) is 12.9 Å². The maximum atomic E-state index is 11.8. The summed E-state index contributed by atoms with van der Waals surface area (Å²) < 4.78 is 10.1. The smallest absolute Gasteiger partial charge is 0.273 e. The van der Waals surface area contributed by atoms with E-state index in [4.69, 9.17) is 9.15 Å². The first-order valence-electron chi connectivity index (χ1n) is 6.50. The summed E-state index contributed by atoms with van der Waals surface area (Å²) in [6.07, 6.45) is 1.42. The SMILES string of the molecule is COc1ccc(SCC(=O)NNC(=O)c2ccoc2C)cc1. The van der Waals surface area contributed by atoms with Gasteiger partial charge in [-0.2, -0.15) is 0 Å². The largest absolute Gasteiger partial charge is 0.497 e. The molecule has 6 nitrogen and oxygen atoms in total. The molecule has 0 spiro atoms. The summed E-state index contributed by atoms with van der Waals surface area (Å²) in [5.74, 6) is 0.747. The van der Waals surface area contributed by atoms with Gasteiger partial charge < -0.3 is 9.15 Å². The number of benzene rings is 1. The Hall–Kier alpha value is -2.41. The van der Waals surface area contributed by atoms with E-state index in [1.165, 1.54) is 18.0 Å². The first-order chi connectivity index (χ1) is 10.6. The summed E-state index contributed by atoms with van der Waals surface area (Å²) in [5.41, 5.74) is 5.11. The van der Waals surface area contributed by atoms with Gasteiger partial charge in [0.1, 0.15) is 11.5 Å². The van der Waals surface area contributed by atoms with E-state index in [9.17, 15) is 9.59 Å². The first kappa shape index (κ1) is 16.0. The molecule has 0 saturated carbocycles.